The fraction of sp³-hybridized carbons (Fsp3) is 0.579. The van der Waals surface area contributed by atoms with Crippen molar-refractivity contribution in [2.75, 3.05) is 6.61 Å². The van der Waals surface area contributed by atoms with Crippen molar-refractivity contribution in [2.24, 2.45) is 0 Å². The Bertz CT molecular complexity index is 778. The van der Waals surface area contributed by atoms with E-state index in [2.05, 4.69) is 5.32 Å². The third kappa shape index (κ3) is 2.09. The summed E-state index contributed by atoms with van der Waals surface area (Å²) in [7, 11) is 0. The van der Waals surface area contributed by atoms with Gasteiger partial charge in [-0.3, -0.25) is 9.69 Å². The molecule has 1 aromatic rings. The number of hydrogen-bond donors (Lipinski definition) is 1. The first-order chi connectivity index (χ1) is 11.9. The lowest BCUT2D eigenvalue weighted by atomic mass is 9.87. The third-order valence-corrected chi connectivity index (χ3v) is 6.00. The zero-order chi connectivity index (χ0) is 17.4. The molecule has 6 heteroatoms. The first-order valence-electron chi connectivity index (χ1n) is 8.98. The molecule has 2 heterocycles. The zero-order valence-electron chi connectivity index (χ0n) is 14.5. The van der Waals surface area contributed by atoms with Crippen LogP contribution in [0.4, 0.5) is 4.79 Å². The number of hydrogen-bond acceptors (Lipinski definition) is 4. The first-order valence-corrected chi connectivity index (χ1v) is 8.98. The number of fused-ring (bicyclic) bond motifs is 2. The number of urea groups is 1. The van der Waals surface area contributed by atoms with Crippen molar-refractivity contribution in [1.29, 1.82) is 0 Å². The Balaban J connectivity index is 1.28. The molecule has 0 bridgehead atoms. The van der Waals surface area contributed by atoms with Crippen LogP contribution >= 0.6 is 0 Å². The van der Waals surface area contributed by atoms with Gasteiger partial charge in [0.2, 0.25) is 0 Å². The number of carbonyl (C=O) groups excluding carboxylic acids is 2. The summed E-state index contributed by atoms with van der Waals surface area (Å²) in [5, 5.41) is 2.74. The number of ether oxygens (including phenoxy) is 2. The van der Waals surface area contributed by atoms with E-state index in [1.54, 1.807) is 13.8 Å². The van der Waals surface area contributed by atoms with E-state index in [1.165, 1.54) is 10.5 Å². The highest BCUT2D eigenvalue weighted by Gasteiger charge is 2.54. The van der Waals surface area contributed by atoms with Gasteiger partial charge >= 0.3 is 6.03 Å². The SMILES string of the molecule is CC1(C)NC(=O)N([C@H]2C[C@@H](Oc3cccc4c3C3(CC3)CO4)C2)C1=O. The molecule has 1 N–H and O–H groups in total. The number of nitrogens with zero attached hydrogens (tertiary/aromatic N) is 1. The molecule has 132 valence electrons. The molecule has 2 aliphatic heterocycles. The summed E-state index contributed by atoms with van der Waals surface area (Å²) in [6, 6.07) is 5.63. The molecule has 25 heavy (non-hydrogen) atoms. The molecule has 1 spiro atoms. The van der Waals surface area contributed by atoms with Gasteiger partial charge in [0.15, 0.2) is 0 Å². The molecule has 0 radical (unpaired) electrons. The Kier molecular flexibility index (Phi) is 2.82. The highest BCUT2D eigenvalue weighted by molar-refractivity contribution is 6.06. The topological polar surface area (TPSA) is 67.9 Å². The van der Waals surface area contributed by atoms with E-state index >= 15 is 0 Å². The monoisotopic (exact) mass is 342 g/mol. The van der Waals surface area contributed by atoms with E-state index in [-0.39, 0.29) is 29.5 Å². The minimum absolute atomic E-state index is 0.0391. The van der Waals surface area contributed by atoms with Gasteiger partial charge < -0.3 is 14.8 Å². The van der Waals surface area contributed by atoms with Gasteiger partial charge in [0, 0.05) is 29.9 Å². The zero-order valence-corrected chi connectivity index (χ0v) is 14.5. The van der Waals surface area contributed by atoms with Gasteiger partial charge in [-0.1, -0.05) is 6.07 Å². The Morgan fingerprint density at radius 3 is 2.64 bits per heavy atom. The number of imide groups is 1. The number of benzene rings is 1. The van der Waals surface area contributed by atoms with Crippen LogP contribution in [0.1, 0.15) is 45.1 Å². The average molecular weight is 342 g/mol. The van der Waals surface area contributed by atoms with Crippen LogP contribution in [0.15, 0.2) is 18.2 Å². The van der Waals surface area contributed by atoms with Crippen molar-refractivity contribution in [1.82, 2.24) is 10.2 Å². The third-order valence-electron chi connectivity index (χ3n) is 6.00. The van der Waals surface area contributed by atoms with E-state index in [4.69, 9.17) is 9.47 Å². The minimum Gasteiger partial charge on any atom is -0.492 e. The second-order valence-electron chi connectivity index (χ2n) is 8.29. The molecule has 1 aromatic carbocycles. The summed E-state index contributed by atoms with van der Waals surface area (Å²) in [6.07, 6.45) is 3.73. The number of carbonyl (C=O) groups is 2. The molecule has 0 atom stereocenters. The van der Waals surface area contributed by atoms with Crippen molar-refractivity contribution >= 4 is 11.9 Å². The predicted octanol–water partition coefficient (Wildman–Crippen LogP) is 2.35. The summed E-state index contributed by atoms with van der Waals surface area (Å²) in [5.74, 6) is 1.71. The Hall–Kier alpha value is -2.24. The number of nitrogens with one attached hydrogen (secondary N) is 1. The minimum atomic E-state index is -0.807. The van der Waals surface area contributed by atoms with E-state index in [9.17, 15) is 9.59 Å². The number of amides is 3. The van der Waals surface area contributed by atoms with Crippen LogP contribution < -0.4 is 14.8 Å². The lowest BCUT2D eigenvalue weighted by molar-refractivity contribution is -0.134. The molecule has 3 amide bonds. The van der Waals surface area contributed by atoms with Crippen LogP contribution in [0.2, 0.25) is 0 Å². The summed E-state index contributed by atoms with van der Waals surface area (Å²) < 4.78 is 12.0. The number of rotatable bonds is 3. The smallest absolute Gasteiger partial charge is 0.325 e. The lowest BCUT2D eigenvalue weighted by Crippen LogP contribution is -2.52. The normalized spacial score (nSPS) is 30.6. The molecule has 6 nitrogen and oxygen atoms in total. The molecule has 2 saturated carbocycles. The molecule has 1 saturated heterocycles. The molecule has 4 aliphatic rings. The van der Waals surface area contributed by atoms with Gasteiger partial charge in [-0.2, -0.15) is 0 Å². The van der Waals surface area contributed by atoms with E-state index in [0.717, 1.165) is 30.9 Å². The average Bonchev–Trinajstić information content (AvgIpc) is 3.15. The maximum absolute atomic E-state index is 12.4. The molecular formula is C19H22N2O4. The second-order valence-corrected chi connectivity index (χ2v) is 8.29. The maximum atomic E-state index is 12.4. The summed E-state index contributed by atoms with van der Waals surface area (Å²) in [4.78, 5) is 25.8. The lowest BCUT2D eigenvalue weighted by Gasteiger charge is -2.39. The van der Waals surface area contributed by atoms with Crippen LogP contribution in [0, 0.1) is 0 Å². The molecule has 2 aliphatic carbocycles. The molecule has 5 rings (SSSR count). The summed E-state index contributed by atoms with van der Waals surface area (Å²) in [5.41, 5.74) is 0.581. The van der Waals surface area contributed by atoms with Crippen LogP contribution in [0.5, 0.6) is 11.5 Å². The van der Waals surface area contributed by atoms with Crippen LogP contribution in [0.3, 0.4) is 0 Å². The molecule has 0 unspecified atom stereocenters. The van der Waals surface area contributed by atoms with Crippen LogP contribution in [-0.4, -0.2) is 41.1 Å². The van der Waals surface area contributed by atoms with Gasteiger partial charge in [-0.15, -0.1) is 0 Å². The maximum Gasteiger partial charge on any atom is 0.325 e. The fourth-order valence-electron chi connectivity index (χ4n) is 4.22. The highest BCUT2D eigenvalue weighted by Crippen LogP contribution is 2.58. The van der Waals surface area contributed by atoms with Crippen molar-refractivity contribution in [2.45, 2.75) is 62.6 Å². The summed E-state index contributed by atoms with van der Waals surface area (Å²) in [6.45, 7) is 4.23. The van der Waals surface area contributed by atoms with Crippen molar-refractivity contribution < 1.29 is 19.1 Å². The van der Waals surface area contributed by atoms with Gasteiger partial charge in [0.1, 0.15) is 23.1 Å². The van der Waals surface area contributed by atoms with Gasteiger partial charge in [-0.05, 0) is 38.8 Å². The van der Waals surface area contributed by atoms with Crippen molar-refractivity contribution in [3.05, 3.63) is 23.8 Å². The fourth-order valence-corrected chi connectivity index (χ4v) is 4.22. The Morgan fingerprint density at radius 1 is 1.24 bits per heavy atom. The molecular weight excluding hydrogens is 320 g/mol. The Morgan fingerprint density at radius 2 is 2.00 bits per heavy atom. The van der Waals surface area contributed by atoms with E-state index in [0.29, 0.717) is 12.8 Å². The van der Waals surface area contributed by atoms with Crippen LogP contribution in [0.25, 0.3) is 0 Å². The highest BCUT2D eigenvalue weighted by atomic mass is 16.5. The van der Waals surface area contributed by atoms with Gasteiger partial charge in [-0.25, -0.2) is 4.79 Å². The second kappa shape index (κ2) is 4.68. The van der Waals surface area contributed by atoms with E-state index < -0.39 is 5.54 Å². The van der Waals surface area contributed by atoms with Gasteiger partial charge in [0.25, 0.3) is 5.91 Å². The van der Waals surface area contributed by atoms with Crippen molar-refractivity contribution in [3.8, 4) is 11.5 Å². The summed E-state index contributed by atoms with van der Waals surface area (Å²) >= 11 is 0. The quantitative estimate of drug-likeness (QED) is 0.856. The molecule has 3 fully saturated rings. The van der Waals surface area contributed by atoms with E-state index in [1.807, 2.05) is 18.2 Å². The molecule has 0 aromatic heterocycles. The van der Waals surface area contributed by atoms with Crippen molar-refractivity contribution in [3.63, 3.8) is 0 Å². The van der Waals surface area contributed by atoms with Gasteiger partial charge in [0.05, 0.1) is 6.61 Å². The first kappa shape index (κ1) is 15.0. The van der Waals surface area contributed by atoms with Crippen LogP contribution in [-0.2, 0) is 10.2 Å². The standard InChI is InChI=1S/C19H22N2O4/c1-18(2)16(22)21(17(23)20-18)11-8-12(9-11)25-14-5-3-4-13-15(14)19(6-7-19)10-24-13/h3-5,11-12H,6-10H2,1-2H3,(H,20,23)/t11-,12+. The largest absolute Gasteiger partial charge is 0.492 e. The predicted molar refractivity (Wildman–Crippen MR) is 89.7 cm³/mol. The Labute approximate surface area is 146 Å².